The highest BCUT2D eigenvalue weighted by atomic mass is 16.1. The lowest BCUT2D eigenvalue weighted by Crippen LogP contribution is -1.98. The summed E-state index contributed by atoms with van der Waals surface area (Å²) in [6.45, 7) is 0. The number of hydrogen-bond acceptors (Lipinski definition) is 1. The van der Waals surface area contributed by atoms with Crippen molar-refractivity contribution in [2.75, 3.05) is 0 Å². The molecule has 0 N–H and O–H groups in total. The molecule has 0 fully saturated rings. The van der Waals surface area contributed by atoms with Gasteiger partial charge in [-0.05, 0) is 23.5 Å². The number of Topliss-reactive ketones (excluding diaryl/α,β-unsaturated/α-hetero) is 1. The molecule has 2 rings (SSSR count). The molecule has 1 heteroatoms. The zero-order valence-corrected chi connectivity index (χ0v) is 10.8. The largest absolute Gasteiger partial charge is 0.285 e. The molecular weight excluding hydrogens is 232 g/mol. The van der Waals surface area contributed by atoms with E-state index < -0.39 is 0 Å². The Balaban J connectivity index is 1.79. The molecule has 1 nitrogen and oxygen atoms in total. The smallest absolute Gasteiger partial charge is 0.209 e. The summed E-state index contributed by atoms with van der Waals surface area (Å²) in [5.74, 6) is 5.65. The third kappa shape index (κ3) is 4.81. The van der Waals surface area contributed by atoms with Gasteiger partial charge in [-0.25, -0.2) is 0 Å². The number of benzene rings is 2. The van der Waals surface area contributed by atoms with Gasteiger partial charge in [0.05, 0.1) is 0 Å². The second-order valence-corrected chi connectivity index (χ2v) is 4.37. The van der Waals surface area contributed by atoms with E-state index in [1.165, 1.54) is 5.56 Å². The molecule has 0 saturated carbocycles. The fourth-order valence-electron chi connectivity index (χ4n) is 1.84. The van der Waals surface area contributed by atoms with Crippen LogP contribution in [0.5, 0.6) is 0 Å². The highest BCUT2D eigenvalue weighted by Crippen LogP contribution is 2.02. The number of rotatable bonds is 4. The predicted molar refractivity (Wildman–Crippen MR) is 77.7 cm³/mol. The lowest BCUT2D eigenvalue weighted by Gasteiger charge is -1.95. The zero-order valence-electron chi connectivity index (χ0n) is 10.8. The minimum atomic E-state index is -0.0146. The van der Waals surface area contributed by atoms with Crippen LogP contribution in [0.25, 0.3) is 0 Å². The van der Waals surface area contributed by atoms with E-state index in [-0.39, 0.29) is 5.78 Å². The van der Waals surface area contributed by atoms with Crippen LogP contribution in [0.15, 0.2) is 60.7 Å². The highest BCUT2D eigenvalue weighted by molar-refractivity contribution is 5.96. The molecule has 0 radical (unpaired) electrons. The van der Waals surface area contributed by atoms with Crippen molar-refractivity contribution in [1.82, 2.24) is 0 Å². The molecule has 0 bridgehead atoms. The molecule has 0 aromatic heterocycles. The summed E-state index contributed by atoms with van der Waals surface area (Å²) >= 11 is 0. The van der Waals surface area contributed by atoms with E-state index >= 15 is 0 Å². The van der Waals surface area contributed by atoms with Gasteiger partial charge in [-0.15, -0.1) is 0 Å². The molecule has 0 unspecified atom stereocenters. The van der Waals surface area contributed by atoms with Gasteiger partial charge in [0.25, 0.3) is 0 Å². The number of aryl methyl sites for hydroxylation is 1. The minimum absolute atomic E-state index is 0.0146. The molecule has 0 atom stereocenters. The first-order valence-electron chi connectivity index (χ1n) is 6.44. The summed E-state index contributed by atoms with van der Waals surface area (Å²) in [5, 5.41) is 0. The molecule has 0 saturated heterocycles. The first-order valence-corrected chi connectivity index (χ1v) is 6.44. The molecule has 0 aliphatic carbocycles. The Morgan fingerprint density at radius 3 is 2.05 bits per heavy atom. The van der Waals surface area contributed by atoms with Crippen molar-refractivity contribution in [2.45, 2.75) is 19.3 Å². The minimum Gasteiger partial charge on any atom is -0.285 e. The van der Waals surface area contributed by atoms with Gasteiger partial charge in [-0.3, -0.25) is 4.79 Å². The zero-order chi connectivity index (χ0) is 13.3. The van der Waals surface area contributed by atoms with Crippen LogP contribution in [0.1, 0.15) is 17.5 Å². The van der Waals surface area contributed by atoms with E-state index in [0.717, 1.165) is 18.4 Å². The normalized spacial score (nSPS) is 9.47. The third-order valence-corrected chi connectivity index (χ3v) is 2.82. The van der Waals surface area contributed by atoms with Gasteiger partial charge < -0.3 is 0 Å². The van der Waals surface area contributed by atoms with Crippen LogP contribution in [0, 0.1) is 11.8 Å². The predicted octanol–water partition coefficient (Wildman–Crippen LogP) is 3.43. The van der Waals surface area contributed by atoms with Gasteiger partial charge >= 0.3 is 0 Å². The van der Waals surface area contributed by atoms with Gasteiger partial charge in [-0.1, -0.05) is 66.6 Å². The average molecular weight is 248 g/mol. The molecule has 0 heterocycles. The Bertz CT molecular complexity index is 573. The molecule has 94 valence electrons. The second kappa shape index (κ2) is 7.18. The summed E-state index contributed by atoms with van der Waals surface area (Å²) in [7, 11) is 0. The van der Waals surface area contributed by atoms with Gasteiger partial charge in [0, 0.05) is 12.8 Å². The van der Waals surface area contributed by atoms with Crippen molar-refractivity contribution in [2.24, 2.45) is 0 Å². The van der Waals surface area contributed by atoms with Crippen LogP contribution in [0.2, 0.25) is 0 Å². The van der Waals surface area contributed by atoms with Crippen molar-refractivity contribution in [3.63, 3.8) is 0 Å². The van der Waals surface area contributed by atoms with Crippen LogP contribution in [0.4, 0.5) is 0 Å². The number of carbonyl (C=O) groups excluding carboxylic acids is 1. The molecule has 2 aromatic carbocycles. The van der Waals surface area contributed by atoms with Crippen molar-refractivity contribution >= 4 is 5.78 Å². The number of hydrogen-bond donors (Lipinski definition) is 0. The molecule has 2 aromatic rings. The van der Waals surface area contributed by atoms with E-state index in [2.05, 4.69) is 24.0 Å². The van der Waals surface area contributed by atoms with Crippen molar-refractivity contribution in [1.29, 1.82) is 0 Å². The quantitative estimate of drug-likeness (QED) is 0.598. The fraction of sp³-hybridized carbons (Fsp3) is 0.167. The van der Waals surface area contributed by atoms with Gasteiger partial charge in [0.2, 0.25) is 5.78 Å². The van der Waals surface area contributed by atoms with Crippen molar-refractivity contribution in [3.8, 4) is 11.8 Å². The number of ketones is 1. The molecule has 0 aliphatic heterocycles. The van der Waals surface area contributed by atoms with Crippen molar-refractivity contribution in [3.05, 3.63) is 71.8 Å². The molecule has 0 aliphatic rings. The molecule has 19 heavy (non-hydrogen) atoms. The van der Waals surface area contributed by atoms with E-state index in [0.29, 0.717) is 6.42 Å². The van der Waals surface area contributed by atoms with Crippen molar-refractivity contribution < 1.29 is 4.79 Å². The van der Waals surface area contributed by atoms with Crippen LogP contribution in [-0.4, -0.2) is 5.78 Å². The Morgan fingerprint density at radius 1 is 0.842 bits per heavy atom. The van der Waals surface area contributed by atoms with E-state index in [1.807, 2.05) is 48.5 Å². The Morgan fingerprint density at radius 2 is 1.42 bits per heavy atom. The van der Waals surface area contributed by atoms with E-state index in [4.69, 9.17) is 0 Å². The third-order valence-electron chi connectivity index (χ3n) is 2.82. The van der Waals surface area contributed by atoms with Crippen LogP contribution >= 0.6 is 0 Å². The summed E-state index contributed by atoms with van der Waals surface area (Å²) in [6.07, 6.45) is 2.02. The average Bonchev–Trinajstić information content (AvgIpc) is 2.46. The lowest BCUT2D eigenvalue weighted by molar-refractivity contribution is -0.113. The maximum absolute atomic E-state index is 11.7. The van der Waals surface area contributed by atoms with Gasteiger partial charge in [-0.2, -0.15) is 0 Å². The molecule has 0 amide bonds. The SMILES string of the molecule is O=C(C#CCCc1ccccc1)Cc1ccccc1. The van der Waals surface area contributed by atoms with Gasteiger partial charge in [0.15, 0.2) is 0 Å². The summed E-state index contributed by atoms with van der Waals surface area (Å²) in [4.78, 5) is 11.7. The number of carbonyl (C=O) groups is 1. The first kappa shape index (κ1) is 13.1. The first-order chi connectivity index (χ1) is 9.34. The maximum atomic E-state index is 11.7. The van der Waals surface area contributed by atoms with E-state index in [1.54, 1.807) is 0 Å². The highest BCUT2D eigenvalue weighted by Gasteiger charge is 1.98. The summed E-state index contributed by atoms with van der Waals surface area (Å²) in [6, 6.07) is 19.9. The van der Waals surface area contributed by atoms with Gasteiger partial charge in [0.1, 0.15) is 0 Å². The molecule has 0 spiro atoms. The Labute approximate surface area is 114 Å². The maximum Gasteiger partial charge on any atom is 0.209 e. The Hall–Kier alpha value is -2.33. The Kier molecular flexibility index (Phi) is 4.96. The van der Waals surface area contributed by atoms with Crippen LogP contribution in [-0.2, 0) is 17.6 Å². The summed E-state index contributed by atoms with van der Waals surface area (Å²) in [5.41, 5.74) is 2.28. The molecular formula is C18H16O. The standard InChI is InChI=1S/C18H16O/c19-18(15-17-12-5-2-6-13-17)14-8-7-11-16-9-3-1-4-10-16/h1-6,9-10,12-13H,7,11,15H2. The lowest BCUT2D eigenvalue weighted by atomic mass is 10.1. The van der Waals surface area contributed by atoms with E-state index in [9.17, 15) is 4.79 Å². The van der Waals surface area contributed by atoms with Crippen LogP contribution < -0.4 is 0 Å². The second-order valence-electron chi connectivity index (χ2n) is 4.37. The monoisotopic (exact) mass is 248 g/mol. The topological polar surface area (TPSA) is 17.1 Å². The fourth-order valence-corrected chi connectivity index (χ4v) is 1.84. The van der Waals surface area contributed by atoms with Crippen LogP contribution in [0.3, 0.4) is 0 Å². The summed E-state index contributed by atoms with van der Waals surface area (Å²) < 4.78 is 0.